The van der Waals surface area contributed by atoms with Crippen LogP contribution in [0.1, 0.15) is 5.56 Å². The van der Waals surface area contributed by atoms with Crippen LogP contribution in [0.5, 0.6) is 5.75 Å². The molecule has 0 aliphatic heterocycles. The molecule has 3 aromatic rings. The topological polar surface area (TPSA) is 73.3 Å². The summed E-state index contributed by atoms with van der Waals surface area (Å²) in [5.74, 6) is 0.765. The fourth-order valence-electron chi connectivity index (χ4n) is 2.22. The summed E-state index contributed by atoms with van der Waals surface area (Å²) in [5, 5.41) is 4.00. The Morgan fingerprint density at radius 2 is 2.18 bits per heavy atom. The van der Waals surface area contributed by atoms with Gasteiger partial charge in [0.2, 0.25) is 0 Å². The Morgan fingerprint density at radius 3 is 2.95 bits per heavy atom. The second kappa shape index (κ2) is 6.19. The Labute approximate surface area is 132 Å². The first-order chi connectivity index (χ1) is 10.7. The quantitative estimate of drug-likeness (QED) is 0.552. The SMILES string of the molecule is COc1ccc(N)c(NCc2cccc3oc(SC)nc23)c1. The van der Waals surface area contributed by atoms with E-state index in [1.54, 1.807) is 7.11 Å². The number of hydrogen-bond donors (Lipinski definition) is 2. The molecule has 0 fully saturated rings. The van der Waals surface area contributed by atoms with Crippen molar-refractivity contribution in [2.75, 3.05) is 24.4 Å². The lowest BCUT2D eigenvalue weighted by molar-refractivity contribution is 0.415. The van der Waals surface area contributed by atoms with Crippen molar-refractivity contribution in [2.24, 2.45) is 0 Å². The summed E-state index contributed by atoms with van der Waals surface area (Å²) in [6, 6.07) is 11.5. The predicted molar refractivity (Wildman–Crippen MR) is 90.5 cm³/mol. The number of nitrogens with two attached hydrogens (primary N) is 1. The fourth-order valence-corrected chi connectivity index (χ4v) is 2.58. The van der Waals surface area contributed by atoms with Crippen molar-refractivity contribution in [1.82, 2.24) is 4.98 Å². The highest BCUT2D eigenvalue weighted by Gasteiger charge is 2.09. The number of para-hydroxylation sites is 1. The van der Waals surface area contributed by atoms with Crippen molar-refractivity contribution in [3.63, 3.8) is 0 Å². The van der Waals surface area contributed by atoms with Crippen molar-refractivity contribution in [2.45, 2.75) is 11.8 Å². The molecule has 0 saturated heterocycles. The number of nitrogens with one attached hydrogen (secondary N) is 1. The maximum atomic E-state index is 5.99. The van der Waals surface area contributed by atoms with Crippen LogP contribution in [0.25, 0.3) is 11.1 Å². The van der Waals surface area contributed by atoms with E-state index < -0.39 is 0 Å². The third-order valence-corrected chi connectivity index (χ3v) is 3.91. The van der Waals surface area contributed by atoms with Gasteiger partial charge in [0.15, 0.2) is 5.58 Å². The number of methoxy groups -OCH3 is 1. The van der Waals surface area contributed by atoms with Gasteiger partial charge in [0.1, 0.15) is 11.3 Å². The van der Waals surface area contributed by atoms with Crippen LogP contribution < -0.4 is 15.8 Å². The molecule has 3 N–H and O–H groups in total. The van der Waals surface area contributed by atoms with Crippen LogP contribution in [-0.4, -0.2) is 18.3 Å². The average Bonchev–Trinajstić information content (AvgIpc) is 2.98. The summed E-state index contributed by atoms with van der Waals surface area (Å²) in [6.07, 6.45) is 1.94. The molecule has 0 atom stereocenters. The van der Waals surface area contributed by atoms with Gasteiger partial charge >= 0.3 is 0 Å². The average molecular weight is 315 g/mol. The molecule has 0 saturated carbocycles. The first-order valence-electron chi connectivity index (χ1n) is 6.81. The zero-order valence-electron chi connectivity index (χ0n) is 12.4. The first-order valence-corrected chi connectivity index (χ1v) is 8.03. The minimum absolute atomic E-state index is 0.606. The minimum atomic E-state index is 0.606. The Hall–Kier alpha value is -2.34. The smallest absolute Gasteiger partial charge is 0.256 e. The maximum absolute atomic E-state index is 5.99. The van der Waals surface area contributed by atoms with E-state index in [4.69, 9.17) is 14.9 Å². The van der Waals surface area contributed by atoms with Crippen LogP contribution in [0, 0.1) is 0 Å². The lowest BCUT2D eigenvalue weighted by Crippen LogP contribution is -2.03. The summed E-state index contributed by atoms with van der Waals surface area (Å²) >= 11 is 1.49. The molecule has 3 rings (SSSR count). The molecule has 114 valence electrons. The molecule has 0 aliphatic rings. The van der Waals surface area contributed by atoms with Crippen molar-refractivity contribution >= 4 is 34.2 Å². The van der Waals surface area contributed by atoms with E-state index in [9.17, 15) is 0 Å². The molecule has 5 nitrogen and oxygen atoms in total. The number of ether oxygens (including phenoxy) is 1. The molecule has 1 aromatic heterocycles. The van der Waals surface area contributed by atoms with E-state index in [0.717, 1.165) is 28.1 Å². The van der Waals surface area contributed by atoms with Crippen LogP contribution >= 0.6 is 11.8 Å². The number of nitrogen functional groups attached to an aromatic ring is 1. The number of hydrogen-bond acceptors (Lipinski definition) is 6. The van der Waals surface area contributed by atoms with Gasteiger partial charge in [0, 0.05) is 18.2 Å². The molecule has 0 amide bonds. The van der Waals surface area contributed by atoms with E-state index in [1.165, 1.54) is 11.8 Å². The highest BCUT2D eigenvalue weighted by molar-refractivity contribution is 7.98. The summed E-state index contributed by atoms with van der Waals surface area (Å²) < 4.78 is 10.9. The Bertz CT molecular complexity index is 801. The van der Waals surface area contributed by atoms with Gasteiger partial charge in [-0.2, -0.15) is 0 Å². The van der Waals surface area contributed by atoms with Gasteiger partial charge in [-0.15, -0.1) is 0 Å². The summed E-state index contributed by atoms with van der Waals surface area (Å²) in [7, 11) is 1.63. The van der Waals surface area contributed by atoms with E-state index >= 15 is 0 Å². The number of rotatable bonds is 5. The highest BCUT2D eigenvalue weighted by atomic mass is 32.2. The van der Waals surface area contributed by atoms with Crippen molar-refractivity contribution in [3.8, 4) is 5.75 Å². The summed E-state index contributed by atoms with van der Waals surface area (Å²) in [4.78, 5) is 4.50. The van der Waals surface area contributed by atoms with Gasteiger partial charge in [-0.05, 0) is 24.5 Å². The molecule has 0 bridgehead atoms. The molecular weight excluding hydrogens is 298 g/mol. The van der Waals surface area contributed by atoms with Gasteiger partial charge in [0.05, 0.1) is 18.5 Å². The molecule has 6 heteroatoms. The van der Waals surface area contributed by atoms with Gasteiger partial charge in [-0.25, -0.2) is 4.98 Å². The summed E-state index contributed by atoms with van der Waals surface area (Å²) in [6.45, 7) is 0.606. The molecule has 22 heavy (non-hydrogen) atoms. The lowest BCUT2D eigenvalue weighted by Gasteiger charge is -2.11. The number of anilines is 2. The third kappa shape index (κ3) is 2.82. The zero-order chi connectivity index (χ0) is 15.5. The van der Waals surface area contributed by atoms with E-state index in [0.29, 0.717) is 17.5 Å². The molecule has 0 aliphatic carbocycles. The molecule has 1 heterocycles. The number of aromatic nitrogens is 1. The molecule has 0 unspecified atom stereocenters. The normalized spacial score (nSPS) is 10.8. The second-order valence-electron chi connectivity index (χ2n) is 4.75. The number of thioether (sulfide) groups is 1. The van der Waals surface area contributed by atoms with Crippen LogP contribution in [0.4, 0.5) is 11.4 Å². The number of fused-ring (bicyclic) bond motifs is 1. The minimum Gasteiger partial charge on any atom is -0.497 e. The standard InChI is InChI=1S/C16H17N3O2S/c1-20-11-6-7-12(17)13(8-11)18-9-10-4-3-5-14-15(10)19-16(21-14)22-2/h3-8,18H,9,17H2,1-2H3. The number of nitrogens with zero attached hydrogens (tertiary/aromatic N) is 1. The third-order valence-electron chi connectivity index (χ3n) is 3.39. The Kier molecular flexibility index (Phi) is 4.11. The zero-order valence-corrected chi connectivity index (χ0v) is 13.2. The van der Waals surface area contributed by atoms with Crippen molar-refractivity contribution < 1.29 is 9.15 Å². The van der Waals surface area contributed by atoms with Crippen LogP contribution in [-0.2, 0) is 6.54 Å². The fraction of sp³-hybridized carbons (Fsp3) is 0.188. The highest BCUT2D eigenvalue weighted by Crippen LogP contribution is 2.27. The molecule has 2 aromatic carbocycles. The first kappa shape index (κ1) is 14.6. The van der Waals surface area contributed by atoms with Gasteiger partial charge in [-0.1, -0.05) is 23.9 Å². The van der Waals surface area contributed by atoms with E-state index in [2.05, 4.69) is 10.3 Å². The van der Waals surface area contributed by atoms with Gasteiger partial charge in [0.25, 0.3) is 5.22 Å². The number of oxazole rings is 1. The Balaban J connectivity index is 1.86. The largest absolute Gasteiger partial charge is 0.497 e. The van der Waals surface area contributed by atoms with Crippen LogP contribution in [0.15, 0.2) is 46.0 Å². The monoisotopic (exact) mass is 315 g/mol. The van der Waals surface area contributed by atoms with Gasteiger partial charge in [-0.3, -0.25) is 0 Å². The number of benzene rings is 2. The molecular formula is C16H17N3O2S. The van der Waals surface area contributed by atoms with Crippen LogP contribution in [0.2, 0.25) is 0 Å². The van der Waals surface area contributed by atoms with E-state index in [-0.39, 0.29) is 0 Å². The Morgan fingerprint density at radius 1 is 1.32 bits per heavy atom. The van der Waals surface area contributed by atoms with Crippen LogP contribution in [0.3, 0.4) is 0 Å². The molecule has 0 spiro atoms. The maximum Gasteiger partial charge on any atom is 0.256 e. The molecule has 0 radical (unpaired) electrons. The lowest BCUT2D eigenvalue weighted by atomic mass is 10.2. The van der Waals surface area contributed by atoms with Gasteiger partial charge < -0.3 is 20.2 Å². The van der Waals surface area contributed by atoms with E-state index in [1.807, 2.05) is 42.7 Å². The predicted octanol–water partition coefficient (Wildman–Crippen LogP) is 3.75. The van der Waals surface area contributed by atoms with Crippen molar-refractivity contribution in [3.05, 3.63) is 42.0 Å². The second-order valence-corrected chi connectivity index (χ2v) is 5.51. The summed E-state index contributed by atoms with van der Waals surface area (Å²) in [5.41, 5.74) is 10.2. The van der Waals surface area contributed by atoms with Crippen molar-refractivity contribution in [1.29, 1.82) is 0 Å².